The van der Waals surface area contributed by atoms with E-state index in [1.807, 2.05) is 12.1 Å². The van der Waals surface area contributed by atoms with E-state index in [0.717, 1.165) is 32.4 Å². The fourth-order valence-electron chi connectivity index (χ4n) is 2.85. The van der Waals surface area contributed by atoms with E-state index in [0.29, 0.717) is 22.2 Å². The summed E-state index contributed by atoms with van der Waals surface area (Å²) >= 11 is 12.1. The van der Waals surface area contributed by atoms with Gasteiger partial charge in [-0.15, -0.1) is 0 Å². The molecule has 0 spiro atoms. The normalized spacial score (nSPS) is 20.4. The van der Waals surface area contributed by atoms with E-state index >= 15 is 0 Å². The fraction of sp³-hybridized carbons (Fsp3) is 0.647. The van der Waals surface area contributed by atoms with Crippen molar-refractivity contribution in [2.75, 3.05) is 13.2 Å². The Bertz CT molecular complexity index is 433. The van der Waals surface area contributed by atoms with Gasteiger partial charge in [0.15, 0.2) is 0 Å². The summed E-state index contributed by atoms with van der Waals surface area (Å²) in [5.74, 6) is 0. The van der Waals surface area contributed by atoms with Crippen LogP contribution in [0.4, 0.5) is 0 Å². The van der Waals surface area contributed by atoms with E-state index in [-0.39, 0.29) is 0 Å². The van der Waals surface area contributed by atoms with Crippen LogP contribution in [0.2, 0.25) is 10.0 Å². The summed E-state index contributed by atoms with van der Waals surface area (Å²) in [6.45, 7) is 4.15. The molecule has 0 bridgehead atoms. The Morgan fingerprint density at radius 2 is 2.14 bits per heavy atom. The Morgan fingerprint density at radius 3 is 2.81 bits per heavy atom. The molecule has 1 aliphatic rings. The molecule has 1 fully saturated rings. The van der Waals surface area contributed by atoms with Gasteiger partial charge in [-0.05, 0) is 62.8 Å². The van der Waals surface area contributed by atoms with Crippen LogP contribution in [0.5, 0.6) is 0 Å². The summed E-state index contributed by atoms with van der Waals surface area (Å²) in [5, 5.41) is 4.90. The van der Waals surface area contributed by atoms with Crippen molar-refractivity contribution in [3.05, 3.63) is 33.8 Å². The maximum absolute atomic E-state index is 6.12. The number of nitrogens with one attached hydrogen (secondary N) is 1. The third-order valence-electron chi connectivity index (χ3n) is 3.97. The van der Waals surface area contributed by atoms with Gasteiger partial charge in [-0.1, -0.05) is 36.2 Å². The Morgan fingerprint density at radius 1 is 1.29 bits per heavy atom. The van der Waals surface area contributed by atoms with Gasteiger partial charge < -0.3 is 10.1 Å². The van der Waals surface area contributed by atoms with Crippen LogP contribution in [0.25, 0.3) is 0 Å². The van der Waals surface area contributed by atoms with Gasteiger partial charge in [-0.25, -0.2) is 0 Å². The molecular weight excluding hydrogens is 305 g/mol. The predicted octanol–water partition coefficient (Wildman–Crippen LogP) is 4.86. The highest BCUT2D eigenvalue weighted by molar-refractivity contribution is 6.42. The molecule has 21 heavy (non-hydrogen) atoms. The topological polar surface area (TPSA) is 21.3 Å². The zero-order valence-corrected chi connectivity index (χ0v) is 14.2. The van der Waals surface area contributed by atoms with Gasteiger partial charge >= 0.3 is 0 Å². The zero-order chi connectivity index (χ0) is 15.1. The third kappa shape index (κ3) is 5.78. The predicted molar refractivity (Wildman–Crippen MR) is 90.5 cm³/mol. The van der Waals surface area contributed by atoms with Gasteiger partial charge in [-0.2, -0.15) is 0 Å². The third-order valence-corrected chi connectivity index (χ3v) is 4.71. The lowest BCUT2D eigenvalue weighted by Gasteiger charge is -2.28. The van der Waals surface area contributed by atoms with E-state index in [1.54, 1.807) is 0 Å². The van der Waals surface area contributed by atoms with Crippen molar-refractivity contribution in [3.63, 3.8) is 0 Å². The average Bonchev–Trinajstić information content (AvgIpc) is 2.49. The second-order valence-electron chi connectivity index (χ2n) is 5.83. The standard InChI is InChI=1S/C17H25Cl2NO/c1-2-8-20-14(12-15-5-3-4-9-21-15)10-13-6-7-16(18)17(19)11-13/h6-7,11,14-15,20H,2-5,8-10,12H2,1H3. The highest BCUT2D eigenvalue weighted by Crippen LogP contribution is 2.24. The Balaban J connectivity index is 1.95. The second kappa shape index (κ2) is 8.99. The lowest BCUT2D eigenvalue weighted by atomic mass is 9.96. The molecule has 1 aliphatic heterocycles. The SMILES string of the molecule is CCCNC(Cc1ccc(Cl)c(Cl)c1)CC1CCCCO1. The van der Waals surface area contributed by atoms with Gasteiger partial charge in [0, 0.05) is 12.6 Å². The number of halogens is 2. The van der Waals surface area contributed by atoms with E-state index in [1.165, 1.54) is 24.8 Å². The van der Waals surface area contributed by atoms with Crippen molar-refractivity contribution in [1.82, 2.24) is 5.32 Å². The highest BCUT2D eigenvalue weighted by Gasteiger charge is 2.19. The van der Waals surface area contributed by atoms with Crippen LogP contribution < -0.4 is 5.32 Å². The molecular formula is C17H25Cl2NO. The maximum Gasteiger partial charge on any atom is 0.0595 e. The molecule has 4 heteroatoms. The van der Waals surface area contributed by atoms with Crippen LogP contribution in [-0.2, 0) is 11.2 Å². The molecule has 2 rings (SSSR count). The summed E-state index contributed by atoms with van der Waals surface area (Å²) in [4.78, 5) is 0. The minimum atomic E-state index is 0.399. The van der Waals surface area contributed by atoms with Crippen LogP contribution in [0.15, 0.2) is 18.2 Å². The summed E-state index contributed by atoms with van der Waals surface area (Å²) in [6, 6.07) is 6.36. The highest BCUT2D eigenvalue weighted by atomic mass is 35.5. The molecule has 1 saturated heterocycles. The van der Waals surface area contributed by atoms with Crippen molar-refractivity contribution >= 4 is 23.2 Å². The lowest BCUT2D eigenvalue weighted by Crippen LogP contribution is -2.36. The molecule has 2 unspecified atom stereocenters. The molecule has 0 amide bonds. The molecule has 0 saturated carbocycles. The molecule has 2 atom stereocenters. The van der Waals surface area contributed by atoms with Crippen molar-refractivity contribution in [2.24, 2.45) is 0 Å². The largest absolute Gasteiger partial charge is 0.378 e. The molecule has 0 aliphatic carbocycles. The number of hydrogen-bond acceptors (Lipinski definition) is 2. The van der Waals surface area contributed by atoms with E-state index in [9.17, 15) is 0 Å². The first-order chi connectivity index (χ1) is 10.2. The quantitative estimate of drug-likeness (QED) is 0.771. The summed E-state index contributed by atoms with van der Waals surface area (Å²) in [6.07, 6.45) is 7.26. The first-order valence-corrected chi connectivity index (χ1v) is 8.73. The lowest BCUT2D eigenvalue weighted by molar-refractivity contribution is 0.00526. The smallest absolute Gasteiger partial charge is 0.0595 e. The Kier molecular flexibility index (Phi) is 7.31. The molecule has 0 aromatic heterocycles. The van der Waals surface area contributed by atoms with Crippen molar-refractivity contribution in [1.29, 1.82) is 0 Å². The first-order valence-electron chi connectivity index (χ1n) is 7.98. The van der Waals surface area contributed by atoms with Gasteiger partial charge in [-0.3, -0.25) is 0 Å². The minimum absolute atomic E-state index is 0.399. The van der Waals surface area contributed by atoms with Gasteiger partial charge in [0.2, 0.25) is 0 Å². The summed E-state index contributed by atoms with van der Waals surface area (Å²) in [5.41, 5.74) is 1.23. The Hall–Kier alpha value is -0.280. The monoisotopic (exact) mass is 329 g/mol. The van der Waals surface area contributed by atoms with Crippen LogP contribution in [-0.4, -0.2) is 25.3 Å². The molecule has 1 heterocycles. The summed E-state index contributed by atoms with van der Waals surface area (Å²) < 4.78 is 5.88. The van der Waals surface area contributed by atoms with E-state index < -0.39 is 0 Å². The Labute approximate surface area is 138 Å². The number of hydrogen-bond donors (Lipinski definition) is 1. The first kappa shape index (κ1) is 17.1. The summed E-state index contributed by atoms with van der Waals surface area (Å²) in [7, 11) is 0. The van der Waals surface area contributed by atoms with Gasteiger partial charge in [0.05, 0.1) is 16.1 Å². The van der Waals surface area contributed by atoms with E-state index in [4.69, 9.17) is 27.9 Å². The number of ether oxygens (including phenoxy) is 1. The van der Waals surface area contributed by atoms with Crippen molar-refractivity contribution in [3.8, 4) is 0 Å². The zero-order valence-electron chi connectivity index (χ0n) is 12.7. The van der Waals surface area contributed by atoms with Crippen LogP contribution in [0, 0.1) is 0 Å². The van der Waals surface area contributed by atoms with E-state index in [2.05, 4.69) is 18.3 Å². The van der Waals surface area contributed by atoms with Crippen LogP contribution in [0.1, 0.15) is 44.6 Å². The molecule has 1 N–H and O–H groups in total. The molecule has 118 valence electrons. The minimum Gasteiger partial charge on any atom is -0.378 e. The number of rotatable bonds is 7. The van der Waals surface area contributed by atoms with Crippen LogP contribution >= 0.6 is 23.2 Å². The maximum atomic E-state index is 6.12. The van der Waals surface area contributed by atoms with Crippen LogP contribution in [0.3, 0.4) is 0 Å². The molecule has 2 nitrogen and oxygen atoms in total. The average molecular weight is 330 g/mol. The second-order valence-corrected chi connectivity index (χ2v) is 6.64. The van der Waals surface area contributed by atoms with Crippen molar-refractivity contribution < 1.29 is 4.74 Å². The number of benzene rings is 1. The molecule has 1 aromatic carbocycles. The van der Waals surface area contributed by atoms with Gasteiger partial charge in [0.25, 0.3) is 0 Å². The molecule has 1 aromatic rings. The fourth-order valence-corrected chi connectivity index (χ4v) is 3.17. The molecule has 0 radical (unpaired) electrons. The van der Waals surface area contributed by atoms with Crippen molar-refractivity contribution in [2.45, 2.75) is 57.6 Å². The van der Waals surface area contributed by atoms with Gasteiger partial charge in [0.1, 0.15) is 0 Å².